The van der Waals surface area contributed by atoms with Gasteiger partial charge in [0.25, 0.3) is 5.91 Å². The fourth-order valence-electron chi connectivity index (χ4n) is 3.91. The van der Waals surface area contributed by atoms with Crippen LogP contribution >= 0.6 is 0 Å². The molecule has 0 saturated carbocycles. The van der Waals surface area contributed by atoms with Crippen molar-refractivity contribution in [1.29, 1.82) is 0 Å². The molecule has 0 aliphatic carbocycles. The molecular formula is C24H30N2O7. The zero-order valence-corrected chi connectivity index (χ0v) is 19.5. The molecule has 2 heterocycles. The number of amides is 1. The van der Waals surface area contributed by atoms with Gasteiger partial charge in [-0.25, -0.2) is 4.98 Å². The molecule has 9 nitrogen and oxygen atoms in total. The minimum atomic E-state index is -1.33. The number of benzene rings is 1. The van der Waals surface area contributed by atoms with Crippen molar-refractivity contribution in [1.82, 2.24) is 10.3 Å². The molecular weight excluding hydrogens is 428 g/mol. The van der Waals surface area contributed by atoms with Crippen molar-refractivity contribution in [2.45, 2.75) is 45.3 Å². The highest BCUT2D eigenvalue weighted by Crippen LogP contribution is 2.38. The van der Waals surface area contributed by atoms with Crippen molar-refractivity contribution in [3.63, 3.8) is 0 Å². The summed E-state index contributed by atoms with van der Waals surface area (Å²) in [6.07, 6.45) is 1.67. The third kappa shape index (κ3) is 5.36. The van der Waals surface area contributed by atoms with E-state index in [2.05, 4.69) is 24.1 Å². The molecule has 0 spiro atoms. The van der Waals surface area contributed by atoms with Gasteiger partial charge in [0.2, 0.25) is 6.79 Å². The molecule has 0 saturated heterocycles. The lowest BCUT2D eigenvalue weighted by Gasteiger charge is -2.32. The van der Waals surface area contributed by atoms with Crippen LogP contribution in [0.15, 0.2) is 30.5 Å². The van der Waals surface area contributed by atoms with Gasteiger partial charge in [0.15, 0.2) is 28.7 Å². The predicted octanol–water partition coefficient (Wildman–Crippen LogP) is 3.06. The van der Waals surface area contributed by atoms with E-state index in [9.17, 15) is 14.7 Å². The maximum atomic E-state index is 12.7. The Morgan fingerprint density at radius 2 is 2.00 bits per heavy atom. The molecule has 0 unspecified atom stereocenters. The second kappa shape index (κ2) is 10.1. The molecule has 3 atom stereocenters. The minimum absolute atomic E-state index is 0.00944. The summed E-state index contributed by atoms with van der Waals surface area (Å²) < 4.78 is 22.0. The minimum Gasteiger partial charge on any atom is -0.503 e. The van der Waals surface area contributed by atoms with Crippen LogP contribution in [-0.2, 0) is 9.53 Å². The molecule has 3 rings (SSSR count). The Hall–Kier alpha value is -3.33. The van der Waals surface area contributed by atoms with Crippen LogP contribution in [0.1, 0.15) is 49.7 Å². The van der Waals surface area contributed by atoms with Gasteiger partial charge in [-0.15, -0.1) is 0 Å². The van der Waals surface area contributed by atoms with Crippen molar-refractivity contribution in [3.05, 3.63) is 41.7 Å². The lowest BCUT2D eigenvalue weighted by Crippen LogP contribution is -2.52. The van der Waals surface area contributed by atoms with Crippen molar-refractivity contribution in [2.75, 3.05) is 20.5 Å². The smallest absolute Gasteiger partial charge is 0.274 e. The maximum absolute atomic E-state index is 12.7. The van der Waals surface area contributed by atoms with E-state index in [4.69, 9.17) is 18.9 Å². The van der Waals surface area contributed by atoms with Crippen LogP contribution in [0.2, 0.25) is 0 Å². The van der Waals surface area contributed by atoms with E-state index in [1.165, 1.54) is 19.4 Å². The normalized spacial score (nSPS) is 16.1. The summed E-state index contributed by atoms with van der Waals surface area (Å²) >= 11 is 0. The fourth-order valence-corrected chi connectivity index (χ4v) is 3.91. The predicted molar refractivity (Wildman–Crippen MR) is 120 cm³/mol. The Morgan fingerprint density at radius 1 is 1.27 bits per heavy atom. The first-order valence-electron chi connectivity index (χ1n) is 10.7. The van der Waals surface area contributed by atoms with Gasteiger partial charge in [0.1, 0.15) is 11.8 Å². The summed E-state index contributed by atoms with van der Waals surface area (Å²) in [5, 5.41) is 12.8. The molecule has 1 aromatic heterocycles. The molecule has 1 aliphatic rings. The number of carbonyl (C=O) groups is 2. The lowest BCUT2D eigenvalue weighted by atomic mass is 9.84. The van der Waals surface area contributed by atoms with Crippen LogP contribution in [0.3, 0.4) is 0 Å². The first kappa shape index (κ1) is 24.3. The monoisotopic (exact) mass is 458 g/mol. The maximum Gasteiger partial charge on any atom is 0.274 e. The van der Waals surface area contributed by atoms with Gasteiger partial charge < -0.3 is 34.2 Å². The van der Waals surface area contributed by atoms with E-state index in [0.717, 1.165) is 5.56 Å². The average molecular weight is 459 g/mol. The van der Waals surface area contributed by atoms with E-state index in [1.807, 2.05) is 25.1 Å². The third-order valence-corrected chi connectivity index (χ3v) is 5.63. The molecule has 1 amide bonds. The lowest BCUT2D eigenvalue weighted by molar-refractivity contribution is -0.116. The van der Waals surface area contributed by atoms with E-state index in [1.54, 1.807) is 6.92 Å². The largest absolute Gasteiger partial charge is 0.503 e. The van der Waals surface area contributed by atoms with Gasteiger partial charge >= 0.3 is 0 Å². The molecule has 33 heavy (non-hydrogen) atoms. The van der Waals surface area contributed by atoms with E-state index in [0.29, 0.717) is 17.8 Å². The second-order valence-corrected chi connectivity index (χ2v) is 8.60. The molecule has 2 N–H and O–H groups in total. The van der Waals surface area contributed by atoms with Crippen molar-refractivity contribution in [2.24, 2.45) is 5.92 Å². The summed E-state index contributed by atoms with van der Waals surface area (Å²) in [4.78, 5) is 28.5. The van der Waals surface area contributed by atoms with E-state index < -0.39 is 17.2 Å². The van der Waals surface area contributed by atoms with Crippen LogP contribution in [0.4, 0.5) is 0 Å². The second-order valence-electron chi connectivity index (χ2n) is 8.60. The van der Waals surface area contributed by atoms with Crippen molar-refractivity contribution < 1.29 is 33.6 Å². The van der Waals surface area contributed by atoms with Gasteiger partial charge in [-0.3, -0.25) is 4.79 Å². The number of aldehydes is 1. The fraction of sp³-hybridized carbons (Fsp3) is 0.458. The number of nitrogens with zero attached hydrogens (tertiary/aromatic N) is 1. The number of rotatable bonds is 10. The van der Waals surface area contributed by atoms with Crippen molar-refractivity contribution in [3.8, 4) is 23.0 Å². The Labute approximate surface area is 193 Å². The summed E-state index contributed by atoms with van der Waals surface area (Å²) in [5.74, 6) is 0.638. The Kier molecular flexibility index (Phi) is 7.43. The van der Waals surface area contributed by atoms with Crippen LogP contribution in [0, 0.1) is 5.92 Å². The Morgan fingerprint density at radius 3 is 2.67 bits per heavy atom. The van der Waals surface area contributed by atoms with Crippen molar-refractivity contribution >= 4 is 12.2 Å². The van der Waals surface area contributed by atoms with Gasteiger partial charge in [-0.05, 0) is 37.5 Å². The highest BCUT2D eigenvalue weighted by molar-refractivity contribution is 5.97. The van der Waals surface area contributed by atoms with Crippen LogP contribution < -0.4 is 19.5 Å². The number of fused-ring (bicyclic) bond motifs is 1. The van der Waals surface area contributed by atoms with Crippen LogP contribution in [0.25, 0.3) is 0 Å². The first-order chi connectivity index (χ1) is 15.7. The molecule has 178 valence electrons. The number of nitrogens with one attached hydrogen (secondary N) is 1. The zero-order valence-electron chi connectivity index (χ0n) is 19.5. The summed E-state index contributed by atoms with van der Waals surface area (Å²) in [6.45, 7) is 7.79. The highest BCUT2D eigenvalue weighted by atomic mass is 16.7. The number of aromatic nitrogens is 1. The van der Waals surface area contributed by atoms with Crippen LogP contribution in [0.5, 0.6) is 23.0 Å². The third-order valence-electron chi connectivity index (χ3n) is 5.63. The number of aromatic hydroxyl groups is 1. The molecule has 1 aromatic carbocycles. The highest BCUT2D eigenvalue weighted by Gasteiger charge is 2.32. The van der Waals surface area contributed by atoms with E-state index >= 15 is 0 Å². The zero-order chi connectivity index (χ0) is 24.2. The van der Waals surface area contributed by atoms with Crippen LogP contribution in [-0.4, -0.2) is 54.4 Å². The number of pyridine rings is 1. The molecule has 9 heteroatoms. The first-order valence-corrected chi connectivity index (χ1v) is 10.7. The SMILES string of the molecule is COc1ccnc(C(=O)N[C@@](C)(C=O)CO[C@@H](C)[C@H](c2ccc3c(c2)OCO3)C(C)C)c1O. The average Bonchev–Trinajstić information content (AvgIpc) is 3.25. The summed E-state index contributed by atoms with van der Waals surface area (Å²) in [5.41, 5.74) is -0.543. The number of hydrogen-bond donors (Lipinski definition) is 2. The number of carbonyl (C=O) groups excluding carboxylic acids is 2. The van der Waals surface area contributed by atoms with Gasteiger partial charge in [-0.1, -0.05) is 19.9 Å². The number of hydrogen-bond acceptors (Lipinski definition) is 8. The molecule has 0 radical (unpaired) electrons. The topological polar surface area (TPSA) is 116 Å². The molecule has 2 aromatic rings. The summed E-state index contributed by atoms with van der Waals surface area (Å²) in [7, 11) is 1.37. The summed E-state index contributed by atoms with van der Waals surface area (Å²) in [6, 6.07) is 7.24. The van der Waals surface area contributed by atoms with Gasteiger partial charge in [0.05, 0.1) is 19.8 Å². The number of ether oxygens (including phenoxy) is 4. The molecule has 0 bridgehead atoms. The standard InChI is InChI=1S/C24H30N2O7/c1-14(2)20(16-6-7-17-19(10-16)33-13-32-17)15(3)31-12-24(4,11-27)26-23(29)21-22(28)18(30-5)8-9-25-21/h6-11,14-15,20,28H,12-13H2,1-5H3,(H,26,29)/t15-,20+,24-/m0/s1. The quantitative estimate of drug-likeness (QED) is 0.522. The van der Waals surface area contributed by atoms with Gasteiger partial charge in [-0.2, -0.15) is 0 Å². The Bertz CT molecular complexity index is 1010. The Balaban J connectivity index is 1.71. The van der Waals surface area contributed by atoms with Gasteiger partial charge in [0, 0.05) is 18.2 Å². The molecule has 1 aliphatic heterocycles. The number of methoxy groups -OCH3 is 1. The van der Waals surface area contributed by atoms with E-state index in [-0.39, 0.29) is 42.8 Å². The molecule has 0 fully saturated rings.